The molecule has 0 bridgehead atoms. The van der Waals surface area contributed by atoms with Crippen LogP contribution in [0, 0.1) is 5.41 Å². The number of aromatic nitrogens is 2. The van der Waals surface area contributed by atoms with E-state index in [1.54, 1.807) is 23.9 Å². The number of nitrogens with one attached hydrogen (secondary N) is 1. The van der Waals surface area contributed by atoms with Gasteiger partial charge in [0.15, 0.2) is 0 Å². The maximum atomic E-state index is 12.3. The van der Waals surface area contributed by atoms with E-state index in [0.717, 1.165) is 5.56 Å². The summed E-state index contributed by atoms with van der Waals surface area (Å²) < 4.78 is 0.703. The maximum absolute atomic E-state index is 12.3. The third-order valence-electron chi connectivity index (χ3n) is 3.94. The molecule has 116 valence electrons. The van der Waals surface area contributed by atoms with E-state index in [2.05, 4.69) is 10.4 Å². The van der Waals surface area contributed by atoms with E-state index in [1.165, 1.54) is 0 Å². The molecule has 1 N–H and O–H groups in total. The summed E-state index contributed by atoms with van der Waals surface area (Å²) in [5.74, 6) is 0.396. The molecule has 1 unspecified atom stereocenters. The zero-order valence-electron chi connectivity index (χ0n) is 11.8. The molecule has 1 heterocycles. The Kier molecular flexibility index (Phi) is 3.87. The monoisotopic (exact) mass is 357 g/mol. The molecule has 1 aromatic carbocycles. The summed E-state index contributed by atoms with van der Waals surface area (Å²) in [6.45, 7) is 2.26. The predicted octanol–water partition coefficient (Wildman–Crippen LogP) is 4.11. The molecule has 1 aliphatic carbocycles. The Hall–Kier alpha value is -1.23. The van der Waals surface area contributed by atoms with Gasteiger partial charge in [0.25, 0.3) is 0 Å². The van der Waals surface area contributed by atoms with Crippen LogP contribution in [0.15, 0.2) is 36.5 Å². The largest absolute Gasteiger partial charge is 0.310 e. The van der Waals surface area contributed by atoms with Crippen LogP contribution in [0.4, 0.5) is 5.82 Å². The average molecular weight is 359 g/mol. The minimum Gasteiger partial charge on any atom is -0.310 e. The lowest BCUT2D eigenvalue weighted by atomic mass is 10.1. The molecule has 1 fully saturated rings. The molecular formula is C15H14Cl3N3O. The van der Waals surface area contributed by atoms with Crippen molar-refractivity contribution in [2.24, 2.45) is 5.41 Å². The number of hydrogen-bond donors (Lipinski definition) is 1. The van der Waals surface area contributed by atoms with Crippen molar-refractivity contribution in [3.8, 4) is 0 Å². The van der Waals surface area contributed by atoms with E-state index >= 15 is 0 Å². The molecule has 0 spiro atoms. The van der Waals surface area contributed by atoms with E-state index < -0.39 is 9.75 Å². The van der Waals surface area contributed by atoms with Gasteiger partial charge >= 0.3 is 0 Å². The normalized spacial score (nSPS) is 22.4. The molecule has 1 saturated carbocycles. The average Bonchev–Trinajstić information content (AvgIpc) is 2.77. The SMILES string of the molecule is CC1(C(=O)Nc2ccnn2Cc2cccc(Cl)c2)CC1(Cl)Cl. The Morgan fingerprint density at radius 3 is 2.77 bits per heavy atom. The van der Waals surface area contributed by atoms with Crippen LogP contribution in [0.2, 0.25) is 5.02 Å². The maximum Gasteiger partial charge on any atom is 0.234 e. The molecular weight excluding hydrogens is 345 g/mol. The van der Waals surface area contributed by atoms with Crippen molar-refractivity contribution in [1.82, 2.24) is 9.78 Å². The van der Waals surface area contributed by atoms with Crippen LogP contribution in [-0.4, -0.2) is 20.0 Å². The number of hydrogen-bond acceptors (Lipinski definition) is 2. The topological polar surface area (TPSA) is 46.9 Å². The molecule has 0 aliphatic heterocycles. The number of amides is 1. The number of halogens is 3. The van der Waals surface area contributed by atoms with Crippen LogP contribution >= 0.6 is 34.8 Å². The van der Waals surface area contributed by atoms with Crippen molar-refractivity contribution in [2.75, 3.05) is 5.32 Å². The molecule has 4 nitrogen and oxygen atoms in total. The van der Waals surface area contributed by atoms with Gasteiger partial charge in [0, 0.05) is 11.1 Å². The van der Waals surface area contributed by atoms with E-state index in [-0.39, 0.29) is 5.91 Å². The first-order valence-corrected chi connectivity index (χ1v) is 7.91. The highest BCUT2D eigenvalue weighted by Gasteiger charge is 2.68. The highest BCUT2D eigenvalue weighted by Crippen LogP contribution is 2.64. The Bertz CT molecular complexity index is 728. The lowest BCUT2D eigenvalue weighted by Gasteiger charge is -2.14. The minimum atomic E-state index is -0.991. The summed E-state index contributed by atoms with van der Waals surface area (Å²) in [6.07, 6.45) is 2.07. The fourth-order valence-electron chi connectivity index (χ4n) is 2.27. The van der Waals surface area contributed by atoms with Crippen molar-refractivity contribution in [2.45, 2.75) is 24.2 Å². The summed E-state index contributed by atoms with van der Waals surface area (Å²) >= 11 is 18.1. The molecule has 1 aliphatic rings. The number of carbonyl (C=O) groups is 1. The van der Waals surface area contributed by atoms with E-state index in [9.17, 15) is 4.79 Å². The van der Waals surface area contributed by atoms with Gasteiger partial charge in [0.1, 0.15) is 10.2 Å². The number of carbonyl (C=O) groups excluding carboxylic acids is 1. The van der Waals surface area contributed by atoms with Crippen molar-refractivity contribution in [1.29, 1.82) is 0 Å². The van der Waals surface area contributed by atoms with Crippen LogP contribution < -0.4 is 5.32 Å². The first-order valence-electron chi connectivity index (χ1n) is 6.77. The molecule has 1 amide bonds. The van der Waals surface area contributed by atoms with E-state index in [4.69, 9.17) is 34.8 Å². The van der Waals surface area contributed by atoms with Gasteiger partial charge in [-0.3, -0.25) is 4.79 Å². The number of alkyl halides is 2. The van der Waals surface area contributed by atoms with Crippen molar-refractivity contribution in [3.05, 3.63) is 47.1 Å². The summed E-state index contributed by atoms with van der Waals surface area (Å²) in [4.78, 5) is 12.3. The van der Waals surface area contributed by atoms with Crippen LogP contribution in [0.1, 0.15) is 18.9 Å². The number of nitrogens with zero attached hydrogens (tertiary/aromatic N) is 2. The fraction of sp³-hybridized carbons (Fsp3) is 0.333. The van der Waals surface area contributed by atoms with Crippen LogP contribution in [0.25, 0.3) is 0 Å². The molecule has 0 saturated heterocycles. The van der Waals surface area contributed by atoms with Crippen LogP contribution in [0.5, 0.6) is 0 Å². The Labute approximate surface area is 143 Å². The predicted molar refractivity (Wildman–Crippen MR) is 88.6 cm³/mol. The molecule has 1 aromatic heterocycles. The van der Waals surface area contributed by atoms with Crippen LogP contribution in [0.3, 0.4) is 0 Å². The zero-order valence-corrected chi connectivity index (χ0v) is 14.1. The van der Waals surface area contributed by atoms with Gasteiger partial charge in [-0.25, -0.2) is 4.68 Å². The molecule has 7 heteroatoms. The Balaban J connectivity index is 1.74. The Morgan fingerprint density at radius 2 is 2.14 bits per heavy atom. The second-order valence-corrected chi connectivity index (χ2v) is 7.59. The second kappa shape index (κ2) is 5.44. The zero-order chi connectivity index (χ0) is 16.0. The summed E-state index contributed by atoms with van der Waals surface area (Å²) in [7, 11) is 0. The first kappa shape index (κ1) is 15.7. The third-order valence-corrected chi connectivity index (χ3v) is 5.28. The number of anilines is 1. The molecule has 2 aromatic rings. The third kappa shape index (κ3) is 2.83. The minimum absolute atomic E-state index is 0.203. The Morgan fingerprint density at radius 1 is 1.41 bits per heavy atom. The van der Waals surface area contributed by atoms with Gasteiger partial charge in [-0.05, 0) is 31.0 Å². The second-order valence-electron chi connectivity index (χ2n) is 5.67. The van der Waals surface area contributed by atoms with Crippen LogP contribution in [-0.2, 0) is 11.3 Å². The van der Waals surface area contributed by atoms with Crippen molar-refractivity contribution in [3.63, 3.8) is 0 Å². The van der Waals surface area contributed by atoms with Gasteiger partial charge in [-0.2, -0.15) is 5.10 Å². The van der Waals surface area contributed by atoms with E-state index in [1.807, 2.05) is 24.3 Å². The lowest BCUT2D eigenvalue weighted by molar-refractivity contribution is -0.120. The molecule has 1 atom stereocenters. The lowest BCUT2D eigenvalue weighted by Crippen LogP contribution is -2.27. The van der Waals surface area contributed by atoms with Gasteiger partial charge in [0.05, 0.1) is 18.2 Å². The van der Waals surface area contributed by atoms with E-state index in [0.29, 0.717) is 23.8 Å². The fourth-order valence-corrected chi connectivity index (χ4v) is 3.19. The highest BCUT2D eigenvalue weighted by molar-refractivity contribution is 6.53. The molecule has 22 heavy (non-hydrogen) atoms. The first-order chi connectivity index (χ1) is 10.3. The van der Waals surface area contributed by atoms with Crippen molar-refractivity contribution >= 4 is 46.5 Å². The smallest absolute Gasteiger partial charge is 0.234 e. The molecule has 3 rings (SSSR count). The number of rotatable bonds is 4. The summed E-state index contributed by atoms with van der Waals surface area (Å²) in [5.41, 5.74) is 0.231. The highest BCUT2D eigenvalue weighted by atomic mass is 35.5. The van der Waals surface area contributed by atoms with Gasteiger partial charge < -0.3 is 5.32 Å². The molecule has 0 radical (unpaired) electrons. The van der Waals surface area contributed by atoms with Gasteiger partial charge in [0.2, 0.25) is 5.91 Å². The number of benzene rings is 1. The van der Waals surface area contributed by atoms with Gasteiger partial charge in [-0.15, -0.1) is 23.2 Å². The summed E-state index contributed by atoms with van der Waals surface area (Å²) in [5, 5.41) is 7.73. The quantitative estimate of drug-likeness (QED) is 0.836. The standard InChI is InChI=1S/C15H14Cl3N3O/c1-14(9-15(14,17)18)13(22)20-12-5-6-19-21(12)8-10-3-2-4-11(16)7-10/h2-7H,8-9H2,1H3,(H,20,22). The van der Waals surface area contributed by atoms with Gasteiger partial charge in [-0.1, -0.05) is 23.7 Å². The van der Waals surface area contributed by atoms with Crippen molar-refractivity contribution < 1.29 is 4.79 Å². The summed E-state index contributed by atoms with van der Waals surface area (Å²) in [6, 6.07) is 9.23.